The zero-order chi connectivity index (χ0) is 45.7. The third-order valence-corrected chi connectivity index (χ3v) is 15.3. The van der Waals surface area contributed by atoms with E-state index < -0.39 is 5.41 Å². The molecule has 11 aromatic carbocycles. The van der Waals surface area contributed by atoms with E-state index in [0.717, 1.165) is 22.6 Å². The highest BCUT2D eigenvalue weighted by Gasteiger charge is 2.46. The highest BCUT2D eigenvalue weighted by Crippen LogP contribution is 2.56. The maximum absolute atomic E-state index is 2.41. The molecular formula is C67H45NS. The molecule has 0 radical (unpaired) electrons. The summed E-state index contributed by atoms with van der Waals surface area (Å²) in [5.41, 5.74) is 20.2. The minimum absolute atomic E-state index is 0.408. The topological polar surface area (TPSA) is 3.24 Å². The van der Waals surface area contributed by atoms with E-state index in [1.807, 2.05) is 11.3 Å². The summed E-state index contributed by atoms with van der Waals surface area (Å²) < 4.78 is 2.63. The summed E-state index contributed by atoms with van der Waals surface area (Å²) in [6.07, 6.45) is 0. The molecule has 13 rings (SSSR count). The lowest BCUT2D eigenvalue weighted by molar-refractivity contribution is 0.768. The van der Waals surface area contributed by atoms with Crippen molar-refractivity contribution >= 4 is 48.6 Å². The SMILES string of the molecule is c1ccc(-c2cccc(N(c3ccc(-c4cccc5sc6ccccc6c45)cc3)c3cccc(-c4ccc(-c5ccc6c(c5)-c5ccccc5C6(c5ccccc5)c5ccccc5)cc4)c3)c2)cc1. The Bertz CT molecular complexity index is 3780. The monoisotopic (exact) mass is 895 g/mol. The second-order valence-corrected chi connectivity index (χ2v) is 19.1. The largest absolute Gasteiger partial charge is 0.310 e. The summed E-state index contributed by atoms with van der Waals surface area (Å²) >= 11 is 1.86. The average molecular weight is 896 g/mol. The van der Waals surface area contributed by atoms with E-state index in [2.05, 4.69) is 278 Å². The number of hydrogen-bond donors (Lipinski definition) is 0. The van der Waals surface area contributed by atoms with Gasteiger partial charge in [0.2, 0.25) is 0 Å². The van der Waals surface area contributed by atoms with Gasteiger partial charge in [0.25, 0.3) is 0 Å². The molecule has 1 heterocycles. The maximum atomic E-state index is 2.41. The Hall–Kier alpha value is -8.56. The molecule has 0 saturated heterocycles. The van der Waals surface area contributed by atoms with Gasteiger partial charge in [-0.05, 0) is 132 Å². The number of nitrogens with zero attached hydrogens (tertiary/aromatic N) is 1. The molecule has 0 fully saturated rings. The lowest BCUT2D eigenvalue weighted by Gasteiger charge is -2.33. The van der Waals surface area contributed by atoms with Crippen LogP contribution in [-0.2, 0) is 5.41 Å². The highest BCUT2D eigenvalue weighted by atomic mass is 32.1. The van der Waals surface area contributed by atoms with Crippen LogP contribution in [-0.4, -0.2) is 0 Å². The summed E-state index contributed by atoms with van der Waals surface area (Å²) in [5, 5.41) is 2.64. The molecular weight excluding hydrogens is 851 g/mol. The van der Waals surface area contributed by atoms with Crippen molar-refractivity contribution < 1.29 is 0 Å². The molecule has 1 aliphatic rings. The second kappa shape index (κ2) is 16.9. The Morgan fingerprint density at radius 2 is 0.739 bits per heavy atom. The van der Waals surface area contributed by atoms with Crippen molar-refractivity contribution in [3.05, 3.63) is 295 Å². The van der Waals surface area contributed by atoms with E-state index in [1.54, 1.807) is 0 Å². The number of thiophene rings is 1. The van der Waals surface area contributed by atoms with Gasteiger partial charge < -0.3 is 4.90 Å². The fourth-order valence-corrected chi connectivity index (χ4v) is 12.1. The average Bonchev–Trinajstić information content (AvgIpc) is 3.96. The Morgan fingerprint density at radius 1 is 0.275 bits per heavy atom. The van der Waals surface area contributed by atoms with Gasteiger partial charge >= 0.3 is 0 Å². The van der Waals surface area contributed by atoms with Crippen LogP contribution in [0.4, 0.5) is 17.1 Å². The zero-order valence-electron chi connectivity index (χ0n) is 37.8. The summed E-state index contributed by atoms with van der Waals surface area (Å²) in [4.78, 5) is 2.39. The molecule has 0 amide bonds. The Kier molecular flexibility index (Phi) is 10.00. The number of rotatable bonds is 9. The molecule has 0 bridgehead atoms. The van der Waals surface area contributed by atoms with Crippen LogP contribution < -0.4 is 4.90 Å². The maximum Gasteiger partial charge on any atom is 0.0713 e. The van der Waals surface area contributed by atoms with E-state index in [4.69, 9.17) is 0 Å². The van der Waals surface area contributed by atoms with Crippen LogP contribution in [0.1, 0.15) is 22.3 Å². The summed E-state index contributed by atoms with van der Waals surface area (Å²) in [6, 6.07) is 100. The summed E-state index contributed by atoms with van der Waals surface area (Å²) in [7, 11) is 0. The number of hydrogen-bond acceptors (Lipinski definition) is 2. The Balaban J connectivity index is 0.870. The first kappa shape index (κ1) is 40.7. The van der Waals surface area contributed by atoms with Gasteiger partial charge in [0.05, 0.1) is 5.41 Å². The van der Waals surface area contributed by atoms with Crippen molar-refractivity contribution in [3.63, 3.8) is 0 Å². The molecule has 0 unspecified atom stereocenters. The van der Waals surface area contributed by atoms with Crippen LogP contribution in [0.5, 0.6) is 0 Å². The first-order chi connectivity index (χ1) is 34.2. The highest BCUT2D eigenvalue weighted by molar-refractivity contribution is 7.25. The van der Waals surface area contributed by atoms with Crippen molar-refractivity contribution in [3.8, 4) is 55.6 Å². The van der Waals surface area contributed by atoms with Gasteiger partial charge in [0.1, 0.15) is 0 Å². The first-order valence-electron chi connectivity index (χ1n) is 23.7. The van der Waals surface area contributed by atoms with Crippen molar-refractivity contribution in [2.75, 3.05) is 4.90 Å². The van der Waals surface area contributed by atoms with Crippen molar-refractivity contribution in [1.29, 1.82) is 0 Å². The lowest BCUT2D eigenvalue weighted by atomic mass is 9.67. The quantitative estimate of drug-likeness (QED) is 0.140. The van der Waals surface area contributed by atoms with Gasteiger partial charge in [0.15, 0.2) is 0 Å². The molecule has 2 heteroatoms. The van der Waals surface area contributed by atoms with Gasteiger partial charge in [-0.15, -0.1) is 11.3 Å². The lowest BCUT2D eigenvalue weighted by Crippen LogP contribution is -2.28. The van der Waals surface area contributed by atoms with Crippen LogP contribution in [0.3, 0.4) is 0 Å². The molecule has 1 aromatic heterocycles. The normalized spacial score (nSPS) is 12.5. The van der Waals surface area contributed by atoms with Gasteiger partial charge in [-0.3, -0.25) is 0 Å². The standard InChI is InChI=1S/C67H45NS/c1-4-17-46(18-5-1)50-19-14-25-56(43-50)68(55-40-37-49(38-41-55)58-29-16-32-65-66(58)60-28-11-13-31-64(60)69-65)57-26-15-20-51(44-57)47-33-35-48(36-34-47)52-39-42-63-61(45-52)59-27-10-12-30-62(59)67(63,53-21-6-2-7-22-53)54-23-8-3-9-24-54/h1-45H. The molecule has 0 N–H and O–H groups in total. The van der Waals surface area contributed by atoms with Crippen molar-refractivity contribution in [1.82, 2.24) is 0 Å². The molecule has 1 aliphatic carbocycles. The number of anilines is 3. The van der Waals surface area contributed by atoms with Gasteiger partial charge in [-0.1, -0.05) is 218 Å². The summed E-state index contributed by atoms with van der Waals surface area (Å²) in [5.74, 6) is 0. The van der Waals surface area contributed by atoms with E-state index in [-0.39, 0.29) is 0 Å². The Morgan fingerprint density at radius 3 is 1.41 bits per heavy atom. The van der Waals surface area contributed by atoms with Crippen LogP contribution in [0.15, 0.2) is 273 Å². The third-order valence-electron chi connectivity index (χ3n) is 14.2. The molecule has 324 valence electrons. The van der Waals surface area contributed by atoms with E-state index in [9.17, 15) is 0 Å². The van der Waals surface area contributed by atoms with Gasteiger partial charge in [-0.25, -0.2) is 0 Å². The summed E-state index contributed by atoms with van der Waals surface area (Å²) in [6.45, 7) is 0. The van der Waals surface area contributed by atoms with Crippen molar-refractivity contribution in [2.24, 2.45) is 0 Å². The number of benzene rings is 11. The predicted octanol–water partition coefficient (Wildman–Crippen LogP) is 18.6. The fourth-order valence-electron chi connectivity index (χ4n) is 11.0. The molecule has 12 aromatic rings. The molecule has 0 spiro atoms. The third kappa shape index (κ3) is 6.91. The molecule has 0 saturated carbocycles. The van der Waals surface area contributed by atoms with E-state index in [0.29, 0.717) is 0 Å². The van der Waals surface area contributed by atoms with Crippen LogP contribution in [0.25, 0.3) is 75.8 Å². The van der Waals surface area contributed by atoms with Crippen LogP contribution in [0.2, 0.25) is 0 Å². The van der Waals surface area contributed by atoms with E-state index >= 15 is 0 Å². The van der Waals surface area contributed by atoms with Gasteiger partial charge in [-0.2, -0.15) is 0 Å². The Labute approximate surface area is 407 Å². The minimum Gasteiger partial charge on any atom is -0.310 e. The smallest absolute Gasteiger partial charge is 0.0713 e. The zero-order valence-corrected chi connectivity index (χ0v) is 38.7. The minimum atomic E-state index is -0.408. The predicted molar refractivity (Wildman–Crippen MR) is 293 cm³/mol. The van der Waals surface area contributed by atoms with Gasteiger partial charge in [0, 0.05) is 37.2 Å². The fraction of sp³-hybridized carbons (Fsp3) is 0.0149. The molecule has 0 atom stereocenters. The van der Waals surface area contributed by atoms with Crippen molar-refractivity contribution in [2.45, 2.75) is 5.41 Å². The first-order valence-corrected chi connectivity index (χ1v) is 24.5. The van der Waals surface area contributed by atoms with Crippen LogP contribution >= 0.6 is 11.3 Å². The second-order valence-electron chi connectivity index (χ2n) is 18.0. The molecule has 1 nitrogen and oxygen atoms in total. The molecule has 69 heavy (non-hydrogen) atoms. The molecule has 0 aliphatic heterocycles. The van der Waals surface area contributed by atoms with E-state index in [1.165, 1.54) is 92.5 Å². The van der Waals surface area contributed by atoms with Crippen LogP contribution in [0, 0.1) is 0 Å². The number of fused-ring (bicyclic) bond motifs is 6.